The minimum atomic E-state index is -2.11. The number of benzene rings is 2. The first-order valence-electron chi connectivity index (χ1n) is 34.1. The van der Waals surface area contributed by atoms with E-state index in [1.54, 1.807) is 39.8 Å². The van der Waals surface area contributed by atoms with Crippen molar-refractivity contribution in [1.82, 2.24) is 41.5 Å². The van der Waals surface area contributed by atoms with Crippen LogP contribution in [0.2, 0.25) is 0 Å². The van der Waals surface area contributed by atoms with Gasteiger partial charge >= 0.3 is 24.1 Å². The van der Waals surface area contributed by atoms with E-state index in [2.05, 4.69) is 50.2 Å². The molecule has 2 aromatic heterocycles. The Morgan fingerprint density at radius 3 is 2.17 bits per heavy atom. The Kier molecular flexibility index (Phi) is 28.4. The van der Waals surface area contributed by atoms with Crippen LogP contribution >= 0.6 is 0 Å². The lowest BCUT2D eigenvalue weighted by Gasteiger charge is -2.31. The number of allylic oxidation sites excluding steroid dienone is 1. The normalized spacial score (nSPS) is 18.2. The largest absolute Gasteiger partial charge is 0.481 e. The molecule has 0 radical (unpaired) electrons. The van der Waals surface area contributed by atoms with Gasteiger partial charge in [-0.2, -0.15) is 0 Å². The van der Waals surface area contributed by atoms with Crippen LogP contribution < -0.4 is 48.5 Å². The lowest BCUT2D eigenvalue weighted by Crippen LogP contribution is -2.54. The molecule has 4 aliphatic rings. The number of amides is 8. The van der Waals surface area contributed by atoms with E-state index in [0.717, 1.165) is 19.3 Å². The highest BCUT2D eigenvalue weighted by Crippen LogP contribution is 2.46. The Bertz CT molecular complexity index is 3710. The number of alkyl carbamates (subject to hydrolysis) is 1. The number of carbonyl (C=O) groups excluding carboxylic acids is 8. The Hall–Kier alpha value is -8.94. The Morgan fingerprint density at radius 2 is 1.48 bits per heavy atom. The summed E-state index contributed by atoms with van der Waals surface area (Å²) in [6.07, 6.45) is 6.22. The topological polar surface area (TPSA) is 404 Å². The van der Waals surface area contributed by atoms with Crippen molar-refractivity contribution in [2.24, 2.45) is 11.7 Å². The minimum absolute atomic E-state index is 0.00573. The van der Waals surface area contributed by atoms with Crippen LogP contribution in [0.1, 0.15) is 150 Å². The number of rotatable bonds is 37. The molecule has 0 saturated heterocycles. The summed E-state index contributed by atoms with van der Waals surface area (Å²) >= 11 is 0. The first kappa shape index (κ1) is 76.8. The predicted octanol–water partition coefficient (Wildman–Crippen LogP) is 4.67. The van der Waals surface area contributed by atoms with Gasteiger partial charge in [-0.15, -0.1) is 0 Å². The number of aliphatic hydroxyl groups is 1. The summed E-state index contributed by atoms with van der Waals surface area (Å²) in [5, 5.41) is 40.7. The van der Waals surface area contributed by atoms with Crippen LogP contribution in [-0.4, -0.2) is 170 Å². The Morgan fingerprint density at radius 1 is 0.780 bits per heavy atom. The maximum Gasteiger partial charge on any atom is 0.408 e. The molecule has 30 heteroatoms. The number of urea groups is 1. The van der Waals surface area contributed by atoms with Crippen molar-refractivity contribution in [3.63, 3.8) is 0 Å². The van der Waals surface area contributed by atoms with E-state index in [-0.39, 0.29) is 137 Å². The number of nitrogens with zero attached hydrogens (tertiary/aromatic N) is 2. The third-order valence-corrected chi connectivity index (χ3v) is 18.0. The number of pyridine rings is 2. The molecule has 0 bridgehead atoms. The van der Waals surface area contributed by atoms with E-state index in [9.17, 15) is 58.2 Å². The van der Waals surface area contributed by atoms with Crippen molar-refractivity contribution in [2.45, 2.75) is 174 Å². The number of aryl methyl sites for hydroxylation is 1. The number of carbonyl (C=O) groups is 9. The molecule has 11 N–H and O–H groups in total. The van der Waals surface area contributed by atoms with E-state index in [0.29, 0.717) is 79.2 Å². The van der Waals surface area contributed by atoms with Gasteiger partial charge in [0.1, 0.15) is 43.8 Å². The standard InChI is InChI=1S/C70H93FN10O19/c1-6-70(93)49-34-55-62-47(36-81(55)66(89)48(49)38-99-67(70)90)60-51(19-18-46-42(5)50(71)35-54(76-62)59(46)60)77-64(87)53(20-21-58(84)85)79-69(92)100-37-43-14-16-44(17-15-43)75-63(86)52(13-10-23-74-68(72)91)78-65(88)61(40(2)3)80-56(82)22-25-94-27-29-96-31-32-97-30-28-95-26-24-73-57(83)39-98-45-12-9-7-8-11-41(4)33-45/h14-17,33-35,40,45,51-53,61,93H,6-13,18-32,36-39H2,1-5H3,(H,73,83)(H,75,86)(H,77,87)(H,78,88)(H,79,92)(H,80,82)(H,84,85)(H3,72,74,91)/b41-33-/t45?,51-,52-,53-,61-,70-/m0/s1. The van der Waals surface area contributed by atoms with Gasteiger partial charge in [-0.1, -0.05) is 57.4 Å². The zero-order valence-electron chi connectivity index (χ0n) is 57.3. The predicted molar refractivity (Wildman–Crippen MR) is 360 cm³/mol. The number of carboxylic acid groups (broad SMARTS) is 1. The molecule has 4 heterocycles. The highest BCUT2D eigenvalue weighted by Gasteiger charge is 2.46. The summed E-state index contributed by atoms with van der Waals surface area (Å²) < 4.78 is 55.8. The van der Waals surface area contributed by atoms with E-state index in [1.165, 1.54) is 47.2 Å². The second kappa shape index (κ2) is 36.9. The Balaban J connectivity index is 0.775. The first-order chi connectivity index (χ1) is 47.9. The van der Waals surface area contributed by atoms with Crippen LogP contribution in [0.3, 0.4) is 0 Å². The number of fused-ring (bicyclic) bond motifs is 5. The third kappa shape index (κ3) is 20.8. The summed E-state index contributed by atoms with van der Waals surface area (Å²) in [6, 6.07) is 3.68. The highest BCUT2D eigenvalue weighted by atomic mass is 19.1. The zero-order chi connectivity index (χ0) is 72.0. The van der Waals surface area contributed by atoms with Gasteiger partial charge in [0.05, 0.1) is 94.0 Å². The fraction of sp³-hybridized carbons (Fsp3) is 0.557. The molecule has 29 nitrogen and oxygen atoms in total. The molecule has 1 unspecified atom stereocenters. The van der Waals surface area contributed by atoms with Gasteiger partial charge < -0.3 is 90.9 Å². The van der Waals surface area contributed by atoms with Crippen LogP contribution in [0.25, 0.3) is 22.3 Å². The molecule has 0 fully saturated rings. The molecule has 100 heavy (non-hydrogen) atoms. The molecule has 6 atom stereocenters. The maximum atomic E-state index is 15.6. The molecule has 0 spiro atoms. The SMILES string of the molecule is CC[C@@]1(O)C(=O)OCc2c1cc1n(c2=O)Cc2c-1nc1cc(F)c(C)c3c1c2[C@@H](NC(=O)[C@H](CCC(=O)O)NC(=O)OCc1ccc(NC(=O)[C@H](CCCNC(N)=O)NC(=O)[C@@H](NC(=O)CCOCCOCCOCCOCCNC(=O)COC2/C=C(/C)CCCCC2)C(C)C)cc1)CC3. The smallest absolute Gasteiger partial charge is 0.408 e. The average Bonchev–Trinajstić information content (AvgIpc) is 0.859. The number of nitrogens with one attached hydrogen (secondary N) is 7. The van der Waals surface area contributed by atoms with Crippen molar-refractivity contribution in [3.8, 4) is 11.4 Å². The maximum absolute atomic E-state index is 15.6. The van der Waals surface area contributed by atoms with Crippen LogP contribution in [0.4, 0.5) is 19.7 Å². The number of carboxylic acids is 1. The monoisotopic (exact) mass is 1400 g/mol. The number of aromatic nitrogens is 2. The first-order valence-corrected chi connectivity index (χ1v) is 34.1. The van der Waals surface area contributed by atoms with Gasteiger partial charge in [0.25, 0.3) is 5.56 Å². The highest BCUT2D eigenvalue weighted by molar-refractivity contribution is 5.99. The number of hydrogen-bond acceptors (Lipinski definition) is 19. The quantitative estimate of drug-likeness (QED) is 0.0147. The molecule has 2 aliphatic heterocycles. The Labute approximate surface area is 578 Å². The van der Waals surface area contributed by atoms with Crippen LogP contribution in [0, 0.1) is 18.7 Å². The van der Waals surface area contributed by atoms with Crippen molar-refractivity contribution < 1.29 is 90.9 Å². The molecule has 8 rings (SSSR count). The number of halogens is 1. The number of primary amides is 1. The number of anilines is 1. The van der Waals surface area contributed by atoms with Crippen molar-refractivity contribution in [1.29, 1.82) is 0 Å². The molecular formula is C70H93FN10O19. The van der Waals surface area contributed by atoms with Crippen LogP contribution in [-0.2, 0) is 98.5 Å². The number of hydrogen-bond donors (Lipinski definition) is 10. The minimum Gasteiger partial charge on any atom is -0.481 e. The lowest BCUT2D eigenvalue weighted by molar-refractivity contribution is -0.172. The number of ether oxygens (including phenoxy) is 7. The van der Waals surface area contributed by atoms with Gasteiger partial charge in [0.15, 0.2) is 5.60 Å². The van der Waals surface area contributed by atoms with Gasteiger partial charge in [-0.3, -0.25) is 33.6 Å². The third-order valence-electron chi connectivity index (χ3n) is 18.0. The van der Waals surface area contributed by atoms with Gasteiger partial charge in [-0.25, -0.2) is 23.8 Å². The van der Waals surface area contributed by atoms with E-state index >= 15 is 4.39 Å². The average molecular weight is 1400 g/mol. The van der Waals surface area contributed by atoms with Crippen molar-refractivity contribution >= 4 is 70.2 Å². The number of cyclic esters (lactones) is 1. The zero-order valence-corrected chi connectivity index (χ0v) is 57.3. The van der Waals surface area contributed by atoms with Crippen molar-refractivity contribution in [3.05, 3.63) is 103 Å². The molecule has 0 saturated carbocycles. The van der Waals surface area contributed by atoms with Gasteiger partial charge in [0.2, 0.25) is 29.5 Å². The fourth-order valence-electron chi connectivity index (χ4n) is 12.5. The molecule has 4 aromatic rings. The summed E-state index contributed by atoms with van der Waals surface area (Å²) in [7, 11) is 0. The molecule has 8 amide bonds. The molecular weight excluding hydrogens is 1300 g/mol. The van der Waals surface area contributed by atoms with Crippen molar-refractivity contribution in [2.75, 3.05) is 77.9 Å². The second-order valence-electron chi connectivity index (χ2n) is 25.6. The van der Waals surface area contributed by atoms with Crippen LogP contribution in [0.5, 0.6) is 0 Å². The van der Waals surface area contributed by atoms with E-state index in [1.807, 2.05) is 0 Å². The molecule has 2 aromatic carbocycles. The summed E-state index contributed by atoms with van der Waals surface area (Å²) in [4.78, 5) is 136. The second-order valence-corrected chi connectivity index (χ2v) is 25.6. The van der Waals surface area contributed by atoms with Crippen LogP contribution in [0.15, 0.2) is 52.8 Å². The summed E-state index contributed by atoms with van der Waals surface area (Å²) in [5.41, 5.74) is 7.67. The summed E-state index contributed by atoms with van der Waals surface area (Å²) in [6.45, 7) is 10.6. The number of esters is 1. The fourth-order valence-corrected chi connectivity index (χ4v) is 12.5. The number of nitrogens with two attached hydrogens (primary N) is 1. The van der Waals surface area contributed by atoms with Gasteiger partial charge in [0, 0.05) is 54.2 Å². The molecule has 544 valence electrons. The van der Waals surface area contributed by atoms with E-state index in [4.69, 9.17) is 43.9 Å². The van der Waals surface area contributed by atoms with Gasteiger partial charge in [-0.05, 0) is 118 Å². The summed E-state index contributed by atoms with van der Waals surface area (Å²) in [5.74, 6) is -5.76. The molecule has 2 aliphatic carbocycles. The number of aliphatic carboxylic acids is 1. The lowest BCUT2D eigenvalue weighted by atomic mass is 9.81. The van der Waals surface area contributed by atoms with E-state index < -0.39 is 101 Å².